The number of carbonyl (C=O) groups excluding carboxylic acids is 1. The van der Waals surface area contributed by atoms with Crippen LogP contribution in [0, 0.1) is 12.8 Å². The van der Waals surface area contributed by atoms with Crippen LogP contribution in [-0.2, 0) is 4.79 Å². The predicted octanol–water partition coefficient (Wildman–Crippen LogP) is 3.73. The molecule has 1 unspecified atom stereocenters. The van der Waals surface area contributed by atoms with Crippen molar-refractivity contribution in [1.29, 1.82) is 0 Å². The third-order valence-corrected chi connectivity index (χ3v) is 3.24. The van der Waals surface area contributed by atoms with Gasteiger partial charge in [-0.15, -0.1) is 0 Å². The molecule has 0 heterocycles. The van der Waals surface area contributed by atoms with Crippen LogP contribution in [0.25, 0.3) is 0 Å². The lowest BCUT2D eigenvalue weighted by Crippen LogP contribution is -2.22. The summed E-state index contributed by atoms with van der Waals surface area (Å²) in [6.45, 7) is 6.19. The molecule has 0 aromatic heterocycles. The molecule has 1 atom stereocenters. The van der Waals surface area contributed by atoms with Crippen LogP contribution in [0.1, 0.15) is 45.1 Å². The Kier molecular flexibility index (Phi) is 5.69. The maximum absolute atomic E-state index is 12.1. The molecule has 0 saturated heterocycles. The average Bonchev–Trinajstić information content (AvgIpc) is 2.35. The first-order valence-corrected chi connectivity index (χ1v) is 6.75. The van der Waals surface area contributed by atoms with Crippen molar-refractivity contribution in [2.45, 2.75) is 46.5 Å². The van der Waals surface area contributed by atoms with Crippen LogP contribution < -0.4 is 11.1 Å². The molecule has 0 spiro atoms. The molecular formula is C15H24N2O. The Hall–Kier alpha value is -1.51. The maximum Gasteiger partial charge on any atom is 0.227 e. The van der Waals surface area contributed by atoms with Gasteiger partial charge in [0, 0.05) is 5.92 Å². The number of nitrogens with one attached hydrogen (secondary N) is 1. The van der Waals surface area contributed by atoms with Gasteiger partial charge in [-0.2, -0.15) is 0 Å². The fourth-order valence-electron chi connectivity index (χ4n) is 1.98. The van der Waals surface area contributed by atoms with Crippen molar-refractivity contribution in [3.05, 3.63) is 23.8 Å². The fourth-order valence-corrected chi connectivity index (χ4v) is 1.98. The summed E-state index contributed by atoms with van der Waals surface area (Å²) in [4.78, 5) is 12.1. The molecule has 1 aromatic rings. The molecule has 0 bridgehead atoms. The van der Waals surface area contributed by atoms with Gasteiger partial charge in [-0.05, 0) is 37.5 Å². The van der Waals surface area contributed by atoms with Gasteiger partial charge in [-0.1, -0.05) is 32.8 Å². The fraction of sp³-hybridized carbons (Fsp3) is 0.533. The molecule has 0 saturated carbocycles. The normalized spacial score (nSPS) is 12.2. The van der Waals surface area contributed by atoms with Gasteiger partial charge >= 0.3 is 0 Å². The number of nitrogens with two attached hydrogens (primary N) is 1. The zero-order valence-corrected chi connectivity index (χ0v) is 11.6. The molecule has 0 aliphatic rings. The standard InChI is InChI=1S/C15H24N2O/c1-4-6-7-12(5-2)15(18)17-14-10-11(3)8-9-13(14)16/h8-10,12H,4-7,16H2,1-3H3,(H,17,18). The Morgan fingerprint density at radius 3 is 2.72 bits per heavy atom. The van der Waals surface area contributed by atoms with E-state index in [1.165, 1.54) is 0 Å². The van der Waals surface area contributed by atoms with Gasteiger partial charge in [0.2, 0.25) is 5.91 Å². The number of rotatable bonds is 6. The first kappa shape index (κ1) is 14.6. The number of hydrogen-bond donors (Lipinski definition) is 2. The lowest BCUT2D eigenvalue weighted by molar-refractivity contribution is -0.120. The summed E-state index contributed by atoms with van der Waals surface area (Å²) < 4.78 is 0. The highest BCUT2D eigenvalue weighted by molar-refractivity contribution is 5.95. The molecule has 1 aromatic carbocycles. The quantitative estimate of drug-likeness (QED) is 0.754. The molecule has 3 heteroatoms. The first-order chi connectivity index (χ1) is 8.58. The van der Waals surface area contributed by atoms with Crippen LogP contribution in [0.3, 0.4) is 0 Å². The third-order valence-electron chi connectivity index (χ3n) is 3.24. The van der Waals surface area contributed by atoms with E-state index in [0.29, 0.717) is 5.69 Å². The summed E-state index contributed by atoms with van der Waals surface area (Å²) in [5, 5.41) is 2.95. The number of hydrogen-bond acceptors (Lipinski definition) is 2. The van der Waals surface area contributed by atoms with Gasteiger partial charge in [-0.3, -0.25) is 4.79 Å². The van der Waals surface area contributed by atoms with Crippen molar-refractivity contribution in [1.82, 2.24) is 0 Å². The molecule has 1 rings (SSSR count). The van der Waals surface area contributed by atoms with E-state index in [1.54, 1.807) is 0 Å². The Bertz CT molecular complexity index is 401. The van der Waals surface area contributed by atoms with Crippen LogP contribution in [-0.4, -0.2) is 5.91 Å². The summed E-state index contributed by atoms with van der Waals surface area (Å²) in [6.07, 6.45) is 4.04. The predicted molar refractivity (Wildman–Crippen MR) is 77.5 cm³/mol. The minimum atomic E-state index is 0.0863. The van der Waals surface area contributed by atoms with Crippen molar-refractivity contribution in [2.24, 2.45) is 5.92 Å². The van der Waals surface area contributed by atoms with E-state index in [2.05, 4.69) is 19.2 Å². The van der Waals surface area contributed by atoms with Crippen LogP contribution in [0.2, 0.25) is 0 Å². The zero-order valence-electron chi connectivity index (χ0n) is 11.6. The molecule has 3 nitrogen and oxygen atoms in total. The van der Waals surface area contributed by atoms with E-state index < -0.39 is 0 Å². The topological polar surface area (TPSA) is 55.1 Å². The van der Waals surface area contributed by atoms with E-state index in [9.17, 15) is 4.79 Å². The highest BCUT2D eigenvalue weighted by Gasteiger charge is 2.16. The number of nitrogen functional groups attached to an aromatic ring is 1. The maximum atomic E-state index is 12.1. The second-order valence-corrected chi connectivity index (χ2v) is 4.83. The average molecular weight is 248 g/mol. The lowest BCUT2D eigenvalue weighted by atomic mass is 9.98. The van der Waals surface area contributed by atoms with E-state index in [4.69, 9.17) is 5.73 Å². The molecule has 0 aliphatic carbocycles. The Balaban J connectivity index is 2.70. The summed E-state index contributed by atoms with van der Waals surface area (Å²) in [5.74, 6) is 0.174. The van der Waals surface area contributed by atoms with Crippen molar-refractivity contribution < 1.29 is 4.79 Å². The largest absolute Gasteiger partial charge is 0.397 e. The SMILES string of the molecule is CCCCC(CC)C(=O)Nc1cc(C)ccc1N. The highest BCUT2D eigenvalue weighted by Crippen LogP contribution is 2.22. The first-order valence-electron chi connectivity index (χ1n) is 6.75. The second-order valence-electron chi connectivity index (χ2n) is 4.83. The zero-order chi connectivity index (χ0) is 13.5. The van der Waals surface area contributed by atoms with Crippen LogP contribution in [0.15, 0.2) is 18.2 Å². The minimum absolute atomic E-state index is 0.0863. The van der Waals surface area contributed by atoms with Crippen molar-refractivity contribution in [2.75, 3.05) is 11.1 Å². The van der Waals surface area contributed by atoms with Gasteiger partial charge in [-0.25, -0.2) is 0 Å². The number of benzene rings is 1. The molecule has 0 fully saturated rings. The highest BCUT2D eigenvalue weighted by atomic mass is 16.1. The summed E-state index contributed by atoms with van der Waals surface area (Å²) in [5.41, 5.74) is 8.32. The molecule has 1 amide bonds. The van der Waals surface area contributed by atoms with Crippen LogP contribution in [0.5, 0.6) is 0 Å². The summed E-state index contributed by atoms with van der Waals surface area (Å²) >= 11 is 0. The summed E-state index contributed by atoms with van der Waals surface area (Å²) in [6, 6.07) is 5.69. The van der Waals surface area contributed by atoms with Gasteiger partial charge in [0.1, 0.15) is 0 Å². The Morgan fingerprint density at radius 2 is 2.11 bits per heavy atom. The minimum Gasteiger partial charge on any atom is -0.397 e. The van der Waals surface area contributed by atoms with Crippen molar-refractivity contribution in [3.8, 4) is 0 Å². The van der Waals surface area contributed by atoms with Gasteiger partial charge in [0.05, 0.1) is 11.4 Å². The molecule has 100 valence electrons. The molecule has 0 aliphatic heterocycles. The van der Waals surface area contributed by atoms with Gasteiger partial charge in [0.15, 0.2) is 0 Å². The number of aryl methyl sites for hydroxylation is 1. The van der Waals surface area contributed by atoms with Crippen molar-refractivity contribution in [3.63, 3.8) is 0 Å². The van der Waals surface area contributed by atoms with E-state index in [0.717, 1.165) is 36.9 Å². The Labute approximate surface area is 110 Å². The number of unbranched alkanes of at least 4 members (excludes halogenated alkanes) is 1. The number of carbonyl (C=O) groups is 1. The summed E-state index contributed by atoms with van der Waals surface area (Å²) in [7, 11) is 0. The molecule has 3 N–H and O–H groups in total. The molecule has 0 radical (unpaired) electrons. The smallest absolute Gasteiger partial charge is 0.227 e. The monoisotopic (exact) mass is 248 g/mol. The van der Waals surface area contributed by atoms with Gasteiger partial charge in [0.25, 0.3) is 0 Å². The number of amides is 1. The molecule has 18 heavy (non-hydrogen) atoms. The lowest BCUT2D eigenvalue weighted by Gasteiger charge is -2.16. The second kappa shape index (κ2) is 7.04. The molecular weight excluding hydrogens is 224 g/mol. The van der Waals surface area contributed by atoms with E-state index in [-0.39, 0.29) is 11.8 Å². The van der Waals surface area contributed by atoms with Crippen LogP contribution >= 0.6 is 0 Å². The Morgan fingerprint density at radius 1 is 1.39 bits per heavy atom. The van der Waals surface area contributed by atoms with Gasteiger partial charge < -0.3 is 11.1 Å². The van der Waals surface area contributed by atoms with E-state index >= 15 is 0 Å². The van der Waals surface area contributed by atoms with Crippen molar-refractivity contribution >= 4 is 17.3 Å². The van der Waals surface area contributed by atoms with Crippen LogP contribution in [0.4, 0.5) is 11.4 Å². The third kappa shape index (κ3) is 4.06. The van der Waals surface area contributed by atoms with E-state index in [1.807, 2.05) is 25.1 Å². The number of anilines is 2.